The standard InChI is InChI=1S/C77H108O34/c1-33-56(97-37(5)81)60(101-41(9)85)64(110-68-63(104-44(12)88)59(100-40(8)84)48(31-93-68)95-35(3)79)67(94-33)92-32-50-58(99-39(7)83)62(103-43(11)87)66(111-70-65(105-45(13)89)61(102-42(10)86)57(98-38(6)82)49(107-70)30-91-34(2)78)69(106-50)108-53-24-25-74(18)51(73(53,16)17)23-26-75(19)52(74)22-21-46-47-27-72(14,15)54-29-77(47,71(90)109-54)55(96-36(4)80)28-76(46,75)20/h21,33,47-70H,22-32H2,1-20H3/t33-,47+,48-,49-,50-,51?,52?,53+,54+,55-,56+,57-,58-,59+,60+,61+,62+,63-,64-,65-,66-,67-,68+,69+,70+,74+,75-,76-,77-/m1/s1. The summed E-state index contributed by atoms with van der Waals surface area (Å²) < 4.78 is 130. The van der Waals surface area contributed by atoms with Gasteiger partial charge in [-0.3, -0.25) is 62.3 Å². The lowest BCUT2D eigenvalue weighted by atomic mass is 9.33. The Balaban J connectivity index is 1.07. The summed E-state index contributed by atoms with van der Waals surface area (Å²) in [6.07, 6.45) is -28.2. The molecule has 29 atom stereocenters. The van der Waals surface area contributed by atoms with Gasteiger partial charge in [0.15, 0.2) is 98.4 Å². The lowest BCUT2D eigenvalue weighted by Crippen LogP contribution is -2.69. The maximum absolute atomic E-state index is 14.5. The molecule has 620 valence electrons. The number of hydrogen-bond acceptors (Lipinski definition) is 34. The van der Waals surface area contributed by atoms with Crippen LogP contribution in [-0.2, 0) is 162 Å². The summed E-state index contributed by atoms with van der Waals surface area (Å²) in [5.41, 5.74) is -2.53. The molecule has 1 spiro atoms. The fourth-order valence-corrected chi connectivity index (χ4v) is 20.3. The van der Waals surface area contributed by atoms with Crippen molar-refractivity contribution in [2.45, 2.75) is 325 Å². The average molecular weight is 1580 g/mol. The van der Waals surface area contributed by atoms with Crippen LogP contribution in [0.4, 0.5) is 0 Å². The molecular formula is C77H108O34. The summed E-state index contributed by atoms with van der Waals surface area (Å²) in [6.45, 7) is 27.6. The van der Waals surface area contributed by atoms with Gasteiger partial charge in [0.2, 0.25) is 0 Å². The van der Waals surface area contributed by atoms with Crippen LogP contribution in [0, 0.1) is 50.2 Å². The van der Waals surface area contributed by atoms with Crippen molar-refractivity contribution in [1.82, 2.24) is 0 Å². The van der Waals surface area contributed by atoms with E-state index in [-0.39, 0.29) is 35.2 Å². The number of hydrogen-bond donors (Lipinski definition) is 0. The molecule has 111 heavy (non-hydrogen) atoms. The lowest BCUT2D eigenvalue weighted by molar-refractivity contribution is -0.386. The highest BCUT2D eigenvalue weighted by Gasteiger charge is 2.76. The summed E-state index contributed by atoms with van der Waals surface area (Å²) in [5, 5.41) is 0. The third kappa shape index (κ3) is 17.3. The first-order chi connectivity index (χ1) is 51.8. The molecule has 0 aromatic carbocycles. The minimum Gasteiger partial charge on any atom is -0.463 e. The molecule has 2 unspecified atom stereocenters. The van der Waals surface area contributed by atoms with Gasteiger partial charge in [-0.15, -0.1) is 0 Å². The van der Waals surface area contributed by atoms with Crippen molar-refractivity contribution in [2.24, 2.45) is 50.2 Å². The van der Waals surface area contributed by atoms with Crippen LogP contribution in [0.15, 0.2) is 11.6 Å². The Morgan fingerprint density at radius 2 is 0.892 bits per heavy atom. The third-order valence-corrected chi connectivity index (χ3v) is 24.8. The van der Waals surface area contributed by atoms with Gasteiger partial charge in [-0.2, -0.15) is 0 Å². The minimum atomic E-state index is -2.02. The number of carbonyl (C=O) groups excluding carboxylic acids is 13. The topological polar surface area (TPSA) is 416 Å². The Kier molecular flexibility index (Phi) is 25.7. The van der Waals surface area contributed by atoms with Crippen molar-refractivity contribution in [3.8, 4) is 0 Å². The van der Waals surface area contributed by atoms with Crippen LogP contribution in [0.5, 0.6) is 0 Å². The molecule has 0 N–H and O–H groups in total. The molecule has 2 bridgehead atoms. The molecule has 0 aromatic rings. The predicted octanol–water partition coefficient (Wildman–Crippen LogP) is 5.47. The second kappa shape index (κ2) is 33.2. The fraction of sp³-hybridized carbons (Fsp3) is 0.805. The van der Waals surface area contributed by atoms with Crippen LogP contribution < -0.4 is 0 Å². The maximum atomic E-state index is 14.5. The second-order valence-electron chi connectivity index (χ2n) is 33.1. The van der Waals surface area contributed by atoms with Gasteiger partial charge in [0.25, 0.3) is 0 Å². The molecule has 34 nitrogen and oxygen atoms in total. The first-order valence-corrected chi connectivity index (χ1v) is 37.9. The van der Waals surface area contributed by atoms with Crippen LogP contribution in [0.1, 0.15) is 190 Å². The van der Waals surface area contributed by atoms with E-state index in [0.717, 1.165) is 76.2 Å². The van der Waals surface area contributed by atoms with Gasteiger partial charge in [-0.05, 0) is 85.4 Å². The van der Waals surface area contributed by atoms with E-state index in [4.69, 9.17) is 99.5 Å². The monoisotopic (exact) mass is 1580 g/mol. The normalized spacial score (nSPS) is 41.0. The molecule has 4 saturated carbocycles. The maximum Gasteiger partial charge on any atom is 0.316 e. The molecule has 5 saturated heterocycles. The molecule has 0 aromatic heterocycles. The van der Waals surface area contributed by atoms with Crippen LogP contribution in [0.2, 0.25) is 0 Å². The quantitative estimate of drug-likeness (QED) is 0.0561. The van der Waals surface area contributed by atoms with Crippen molar-refractivity contribution in [1.29, 1.82) is 0 Å². The number of esters is 13. The summed E-state index contributed by atoms with van der Waals surface area (Å²) in [4.78, 5) is 172. The van der Waals surface area contributed by atoms with Gasteiger partial charge in [-0.25, -0.2) is 0 Å². The van der Waals surface area contributed by atoms with E-state index >= 15 is 0 Å². The van der Waals surface area contributed by atoms with Crippen LogP contribution >= 0.6 is 0 Å². The molecule has 9 fully saturated rings. The van der Waals surface area contributed by atoms with Crippen LogP contribution in [0.3, 0.4) is 0 Å². The molecule has 5 heterocycles. The number of fused-ring (bicyclic) bond motifs is 7. The van der Waals surface area contributed by atoms with Gasteiger partial charge in [0.05, 0.1) is 25.4 Å². The molecule has 0 amide bonds. The van der Waals surface area contributed by atoms with Gasteiger partial charge in [0.1, 0.15) is 36.4 Å². The largest absolute Gasteiger partial charge is 0.463 e. The molecule has 0 radical (unpaired) electrons. The number of carbonyl (C=O) groups is 13. The fourth-order valence-electron chi connectivity index (χ4n) is 20.3. The van der Waals surface area contributed by atoms with E-state index in [1.165, 1.54) is 19.4 Å². The lowest BCUT2D eigenvalue weighted by Gasteiger charge is -2.71. The van der Waals surface area contributed by atoms with E-state index < -0.39 is 247 Å². The van der Waals surface area contributed by atoms with Crippen LogP contribution in [0.25, 0.3) is 0 Å². The van der Waals surface area contributed by atoms with E-state index in [1.54, 1.807) is 0 Å². The number of allylic oxidation sites excluding steroid dienone is 2. The van der Waals surface area contributed by atoms with E-state index in [2.05, 4.69) is 54.5 Å². The molecule has 10 aliphatic rings. The Morgan fingerprint density at radius 3 is 1.43 bits per heavy atom. The average Bonchev–Trinajstić information content (AvgIpc) is 1.66. The first-order valence-electron chi connectivity index (χ1n) is 37.9. The Morgan fingerprint density at radius 1 is 0.432 bits per heavy atom. The summed E-state index contributed by atoms with van der Waals surface area (Å²) in [7, 11) is 0. The minimum absolute atomic E-state index is 0.000960. The molecule has 34 heteroatoms. The van der Waals surface area contributed by atoms with Crippen molar-refractivity contribution in [3.05, 3.63) is 11.6 Å². The zero-order valence-electron chi connectivity index (χ0n) is 66.7. The SMILES string of the molecule is CC(=O)OC[C@H]1O[C@@H](O[C@H]2[C@H](O[C@H]3CC[C@@]4(C)C(CC[C@]5(C)C4CC=C4[C@@H]6CC(C)(C)[C@@H]7C[C@]6(C(=O)O7)[C@H](OC(C)=O)C[C@]45C)C3(C)C)O[C@H](CO[C@@H]3O[C@H](C)[C@H](OC(C)=O)[C@H](OC(C)=O)[C@H]3O[C@@H]3OC[C@@H](OC(C)=O)[C@H](OC(C)=O)[C@H]3OC(C)=O)[C@@H](OC(C)=O)[C@@H]2OC(C)=O)[C@H](OC(C)=O)[C@@H](OC(C)=O)[C@@H]1OC(C)=O. The molecular weight excluding hydrogens is 1470 g/mol. The highest BCUT2D eigenvalue weighted by Crippen LogP contribution is 2.77. The van der Waals surface area contributed by atoms with Crippen LogP contribution in [-0.4, -0.2) is 232 Å². The van der Waals surface area contributed by atoms with Gasteiger partial charge >= 0.3 is 77.6 Å². The van der Waals surface area contributed by atoms with Crippen molar-refractivity contribution < 1.29 is 162 Å². The van der Waals surface area contributed by atoms with Crippen molar-refractivity contribution >= 4 is 77.6 Å². The van der Waals surface area contributed by atoms with Crippen molar-refractivity contribution in [2.75, 3.05) is 19.8 Å². The first kappa shape index (κ1) is 85.9. The Hall–Kier alpha value is -7.47. The Labute approximate surface area is 643 Å². The zero-order chi connectivity index (χ0) is 81.9. The predicted molar refractivity (Wildman–Crippen MR) is 369 cm³/mol. The summed E-state index contributed by atoms with van der Waals surface area (Å²) in [5.74, 6) is -11.5. The highest BCUT2D eigenvalue weighted by atomic mass is 16.8. The smallest absolute Gasteiger partial charge is 0.316 e. The molecule has 5 aliphatic heterocycles. The Bertz CT molecular complexity index is 3620. The van der Waals surface area contributed by atoms with E-state index in [0.29, 0.717) is 51.4 Å². The highest BCUT2D eigenvalue weighted by molar-refractivity contribution is 5.83. The van der Waals surface area contributed by atoms with Gasteiger partial charge in [-0.1, -0.05) is 60.1 Å². The van der Waals surface area contributed by atoms with Crippen molar-refractivity contribution in [3.63, 3.8) is 0 Å². The zero-order valence-corrected chi connectivity index (χ0v) is 66.7. The number of rotatable bonds is 22. The third-order valence-electron chi connectivity index (χ3n) is 24.8. The van der Waals surface area contributed by atoms with Gasteiger partial charge < -0.3 is 99.5 Å². The summed E-state index contributed by atoms with van der Waals surface area (Å²) >= 11 is 0. The van der Waals surface area contributed by atoms with E-state index in [9.17, 15) is 62.3 Å². The molecule has 10 rings (SSSR count). The van der Waals surface area contributed by atoms with Gasteiger partial charge in [0, 0.05) is 101 Å². The number of ether oxygens (including phenoxy) is 21. The summed E-state index contributed by atoms with van der Waals surface area (Å²) in [6, 6.07) is 0. The van der Waals surface area contributed by atoms with E-state index in [1.807, 2.05) is 0 Å². The molecule has 5 aliphatic carbocycles. The second-order valence-corrected chi connectivity index (χ2v) is 33.1.